The summed E-state index contributed by atoms with van der Waals surface area (Å²) in [5, 5.41) is 0. The minimum Gasteiger partial charge on any atom is -0.381 e. The number of carbonyl (C=O) groups excluding carboxylic acids is 1. The molecule has 3 saturated heterocycles. The Kier molecular flexibility index (Phi) is 5.52. The van der Waals surface area contributed by atoms with E-state index in [2.05, 4.69) is 26.9 Å². The average Bonchev–Trinajstić information content (AvgIpc) is 2.69. The molecule has 4 rings (SSSR count). The molecule has 0 N–H and O–H groups in total. The van der Waals surface area contributed by atoms with Crippen molar-refractivity contribution in [2.45, 2.75) is 43.9 Å². The first kappa shape index (κ1) is 17.9. The van der Waals surface area contributed by atoms with Gasteiger partial charge in [0.05, 0.1) is 12.1 Å². The normalized spacial score (nSPS) is 28.7. The number of ether oxygens (including phenoxy) is 2. The minimum atomic E-state index is 0.173. The van der Waals surface area contributed by atoms with Crippen LogP contribution in [0.25, 0.3) is 0 Å². The Labute approximate surface area is 155 Å². The molecule has 6 heteroatoms. The molecule has 0 bridgehead atoms. The standard InChI is InChI=1S/C20H29N3O3/c1-25-18-14-23(19(18)15-2-8-21-9-3-15)17-4-10-22(11-5-17)20(24)16-6-12-26-13-7-16/h2-3,8-9,16-19H,4-7,10-14H2,1H3. The van der Waals surface area contributed by atoms with E-state index < -0.39 is 0 Å². The summed E-state index contributed by atoms with van der Waals surface area (Å²) in [6.07, 6.45) is 7.82. The molecule has 26 heavy (non-hydrogen) atoms. The number of aromatic nitrogens is 1. The van der Waals surface area contributed by atoms with Gasteiger partial charge in [-0.1, -0.05) is 0 Å². The van der Waals surface area contributed by atoms with E-state index in [-0.39, 0.29) is 12.0 Å². The summed E-state index contributed by atoms with van der Waals surface area (Å²) >= 11 is 0. The predicted molar refractivity (Wildman–Crippen MR) is 97.6 cm³/mol. The molecule has 4 heterocycles. The largest absolute Gasteiger partial charge is 0.381 e. The molecule has 1 aromatic heterocycles. The van der Waals surface area contributed by atoms with Crippen LogP contribution in [0, 0.1) is 5.92 Å². The van der Waals surface area contributed by atoms with Crippen molar-refractivity contribution in [1.82, 2.24) is 14.8 Å². The number of hydrogen-bond donors (Lipinski definition) is 0. The quantitative estimate of drug-likeness (QED) is 0.821. The molecule has 0 saturated carbocycles. The number of nitrogens with zero attached hydrogens (tertiary/aromatic N) is 3. The van der Waals surface area contributed by atoms with E-state index in [4.69, 9.17) is 9.47 Å². The molecule has 0 radical (unpaired) electrons. The third-order valence-corrected chi connectivity index (χ3v) is 6.27. The van der Waals surface area contributed by atoms with E-state index in [0.717, 1.165) is 58.5 Å². The highest BCUT2D eigenvalue weighted by atomic mass is 16.5. The minimum absolute atomic E-state index is 0.173. The molecule has 3 fully saturated rings. The summed E-state index contributed by atoms with van der Waals surface area (Å²) in [5.41, 5.74) is 1.28. The zero-order valence-corrected chi connectivity index (χ0v) is 15.5. The monoisotopic (exact) mass is 359 g/mol. The van der Waals surface area contributed by atoms with Crippen molar-refractivity contribution in [3.63, 3.8) is 0 Å². The summed E-state index contributed by atoms with van der Waals surface area (Å²) in [5.74, 6) is 0.516. The maximum atomic E-state index is 12.7. The van der Waals surface area contributed by atoms with Crippen LogP contribution in [-0.4, -0.2) is 72.8 Å². The van der Waals surface area contributed by atoms with Crippen LogP contribution < -0.4 is 0 Å². The number of methoxy groups -OCH3 is 1. The molecule has 3 aliphatic rings. The zero-order valence-electron chi connectivity index (χ0n) is 15.5. The Morgan fingerprint density at radius 3 is 2.50 bits per heavy atom. The van der Waals surface area contributed by atoms with E-state index in [0.29, 0.717) is 18.0 Å². The van der Waals surface area contributed by atoms with E-state index >= 15 is 0 Å². The van der Waals surface area contributed by atoms with Gasteiger partial charge in [-0.3, -0.25) is 14.7 Å². The zero-order chi connectivity index (χ0) is 17.9. The summed E-state index contributed by atoms with van der Waals surface area (Å²) in [7, 11) is 1.80. The third-order valence-electron chi connectivity index (χ3n) is 6.27. The van der Waals surface area contributed by atoms with Gasteiger partial charge in [-0.25, -0.2) is 0 Å². The molecule has 0 aliphatic carbocycles. The first-order valence-electron chi connectivity index (χ1n) is 9.83. The van der Waals surface area contributed by atoms with Crippen molar-refractivity contribution in [3.05, 3.63) is 30.1 Å². The summed E-state index contributed by atoms with van der Waals surface area (Å²) in [4.78, 5) is 21.5. The highest BCUT2D eigenvalue weighted by Crippen LogP contribution is 2.39. The fraction of sp³-hybridized carbons (Fsp3) is 0.700. The second-order valence-electron chi connectivity index (χ2n) is 7.64. The topological polar surface area (TPSA) is 54.9 Å². The van der Waals surface area contributed by atoms with E-state index in [1.807, 2.05) is 12.4 Å². The molecule has 1 aromatic rings. The Balaban J connectivity index is 1.35. The van der Waals surface area contributed by atoms with Crippen LogP contribution in [-0.2, 0) is 14.3 Å². The number of rotatable bonds is 4. The summed E-state index contributed by atoms with van der Waals surface area (Å²) in [6, 6.07) is 5.02. The number of likely N-dealkylation sites (tertiary alicyclic amines) is 2. The van der Waals surface area contributed by atoms with Crippen LogP contribution in [0.3, 0.4) is 0 Å². The van der Waals surface area contributed by atoms with Gasteiger partial charge in [-0.15, -0.1) is 0 Å². The molecule has 3 aliphatic heterocycles. The molecule has 6 nitrogen and oxygen atoms in total. The van der Waals surface area contributed by atoms with Gasteiger partial charge in [0.2, 0.25) is 5.91 Å². The maximum Gasteiger partial charge on any atom is 0.225 e. The molecule has 2 unspecified atom stereocenters. The lowest BCUT2D eigenvalue weighted by Crippen LogP contribution is -2.60. The highest BCUT2D eigenvalue weighted by molar-refractivity contribution is 5.79. The van der Waals surface area contributed by atoms with Crippen molar-refractivity contribution in [2.24, 2.45) is 5.92 Å². The maximum absolute atomic E-state index is 12.7. The number of carbonyl (C=O) groups is 1. The van der Waals surface area contributed by atoms with Gasteiger partial charge in [0.15, 0.2) is 0 Å². The van der Waals surface area contributed by atoms with Crippen molar-refractivity contribution >= 4 is 5.91 Å². The second kappa shape index (κ2) is 8.03. The number of hydrogen-bond acceptors (Lipinski definition) is 5. The highest BCUT2D eigenvalue weighted by Gasteiger charge is 2.44. The lowest BCUT2D eigenvalue weighted by molar-refractivity contribution is -0.144. The SMILES string of the molecule is COC1CN(C2CCN(C(=O)C3CCOCC3)CC2)C1c1ccncc1. The first-order chi connectivity index (χ1) is 12.8. The van der Waals surface area contributed by atoms with E-state index in [1.165, 1.54) is 5.56 Å². The first-order valence-corrected chi connectivity index (χ1v) is 9.83. The van der Waals surface area contributed by atoms with Gasteiger partial charge >= 0.3 is 0 Å². The van der Waals surface area contributed by atoms with Gasteiger partial charge in [0.1, 0.15) is 0 Å². The Bertz CT molecular complexity index is 598. The summed E-state index contributed by atoms with van der Waals surface area (Å²) in [6.45, 7) is 4.18. The Hall–Kier alpha value is -1.50. The van der Waals surface area contributed by atoms with Crippen molar-refractivity contribution < 1.29 is 14.3 Å². The Morgan fingerprint density at radius 2 is 1.85 bits per heavy atom. The van der Waals surface area contributed by atoms with Gasteiger partial charge in [0.25, 0.3) is 0 Å². The van der Waals surface area contributed by atoms with Gasteiger partial charge in [0, 0.05) is 64.3 Å². The van der Waals surface area contributed by atoms with Crippen LogP contribution >= 0.6 is 0 Å². The van der Waals surface area contributed by atoms with Crippen LogP contribution in [0.15, 0.2) is 24.5 Å². The Morgan fingerprint density at radius 1 is 1.15 bits per heavy atom. The third kappa shape index (κ3) is 3.50. The fourth-order valence-corrected chi connectivity index (χ4v) is 4.66. The van der Waals surface area contributed by atoms with Crippen LogP contribution in [0.2, 0.25) is 0 Å². The number of piperidine rings is 1. The summed E-state index contributed by atoms with van der Waals surface area (Å²) < 4.78 is 11.1. The molecule has 142 valence electrons. The van der Waals surface area contributed by atoms with Crippen LogP contribution in [0.4, 0.5) is 0 Å². The molecule has 0 spiro atoms. The lowest BCUT2D eigenvalue weighted by Gasteiger charge is -2.53. The number of pyridine rings is 1. The molecule has 2 atom stereocenters. The van der Waals surface area contributed by atoms with Crippen molar-refractivity contribution in [1.29, 1.82) is 0 Å². The predicted octanol–water partition coefficient (Wildman–Crippen LogP) is 1.87. The smallest absolute Gasteiger partial charge is 0.225 e. The number of amides is 1. The molecule has 0 aromatic carbocycles. The van der Waals surface area contributed by atoms with Gasteiger partial charge in [-0.2, -0.15) is 0 Å². The molecular weight excluding hydrogens is 330 g/mol. The second-order valence-corrected chi connectivity index (χ2v) is 7.64. The molecule has 1 amide bonds. The van der Waals surface area contributed by atoms with Crippen LogP contribution in [0.1, 0.15) is 37.3 Å². The van der Waals surface area contributed by atoms with Gasteiger partial charge in [-0.05, 0) is 43.4 Å². The lowest BCUT2D eigenvalue weighted by atomic mass is 9.87. The average molecular weight is 359 g/mol. The fourth-order valence-electron chi connectivity index (χ4n) is 4.66. The molecular formula is C20H29N3O3. The van der Waals surface area contributed by atoms with Gasteiger partial charge < -0.3 is 14.4 Å². The van der Waals surface area contributed by atoms with E-state index in [1.54, 1.807) is 7.11 Å². The van der Waals surface area contributed by atoms with Crippen molar-refractivity contribution in [2.75, 3.05) is 40.0 Å². The van der Waals surface area contributed by atoms with Crippen molar-refractivity contribution in [3.8, 4) is 0 Å². The van der Waals surface area contributed by atoms with Crippen LogP contribution in [0.5, 0.6) is 0 Å². The van der Waals surface area contributed by atoms with E-state index in [9.17, 15) is 4.79 Å².